The molecule has 0 unspecified atom stereocenters. The summed E-state index contributed by atoms with van der Waals surface area (Å²) in [6, 6.07) is 4.84. The minimum Gasteiger partial charge on any atom is -0.496 e. The van der Waals surface area contributed by atoms with Crippen molar-refractivity contribution in [3.63, 3.8) is 0 Å². The third-order valence-electron chi connectivity index (χ3n) is 3.62. The quantitative estimate of drug-likeness (QED) is 0.774. The van der Waals surface area contributed by atoms with Crippen LogP contribution in [-0.4, -0.2) is 19.7 Å². The van der Waals surface area contributed by atoms with Gasteiger partial charge in [-0.3, -0.25) is 0 Å². The fraction of sp³-hybridized carbons (Fsp3) is 0.647. The van der Waals surface area contributed by atoms with E-state index in [1.165, 1.54) is 11.1 Å². The van der Waals surface area contributed by atoms with Crippen molar-refractivity contribution in [1.82, 2.24) is 5.32 Å². The minimum atomic E-state index is 0.284. The fourth-order valence-corrected chi connectivity index (χ4v) is 2.51. The average molecular weight is 342 g/mol. The number of rotatable bonds is 7. The molecule has 114 valence electrons. The van der Waals surface area contributed by atoms with Crippen LogP contribution in [0.25, 0.3) is 0 Å². The summed E-state index contributed by atoms with van der Waals surface area (Å²) in [4.78, 5) is 0. The van der Waals surface area contributed by atoms with Crippen LogP contribution < -0.4 is 10.1 Å². The summed E-state index contributed by atoms with van der Waals surface area (Å²) in [5.74, 6) is 0.998. The monoisotopic (exact) mass is 341 g/mol. The van der Waals surface area contributed by atoms with Gasteiger partial charge in [-0.25, -0.2) is 0 Å². The molecule has 0 aromatic heterocycles. The van der Waals surface area contributed by atoms with Crippen LogP contribution in [-0.2, 0) is 6.42 Å². The maximum Gasteiger partial charge on any atom is 0.122 e. The molecule has 0 amide bonds. The Kier molecular flexibility index (Phi) is 6.53. The zero-order chi connectivity index (χ0) is 15.3. The second-order valence-electron chi connectivity index (χ2n) is 6.61. The summed E-state index contributed by atoms with van der Waals surface area (Å²) in [6.45, 7) is 12.1. The van der Waals surface area contributed by atoms with Crippen LogP contribution in [0, 0.1) is 12.3 Å². The van der Waals surface area contributed by atoms with Crippen LogP contribution in [0.3, 0.4) is 0 Å². The number of nitrogens with one attached hydrogen (secondary N) is 1. The molecule has 1 aromatic carbocycles. The summed E-state index contributed by atoms with van der Waals surface area (Å²) >= 11 is 3.61. The van der Waals surface area contributed by atoms with Gasteiger partial charge >= 0.3 is 0 Å². The number of benzene rings is 1. The Morgan fingerprint density at radius 1 is 1.30 bits per heavy atom. The van der Waals surface area contributed by atoms with Crippen LogP contribution >= 0.6 is 15.9 Å². The Morgan fingerprint density at radius 3 is 2.50 bits per heavy atom. The van der Waals surface area contributed by atoms with Crippen molar-refractivity contribution in [1.29, 1.82) is 0 Å². The van der Waals surface area contributed by atoms with E-state index in [2.05, 4.69) is 68.0 Å². The maximum absolute atomic E-state index is 5.51. The third kappa shape index (κ3) is 5.45. The molecule has 1 aromatic rings. The van der Waals surface area contributed by atoms with Gasteiger partial charge in [-0.05, 0) is 48.4 Å². The van der Waals surface area contributed by atoms with E-state index in [1.54, 1.807) is 7.11 Å². The standard InChI is InChI=1S/C17H28BrNO/c1-12(2)19-11-17(4,5)8-7-14-10-15(18)13(3)9-16(14)20-6/h9-10,12,19H,7-8,11H2,1-6H3. The number of hydrogen-bond acceptors (Lipinski definition) is 2. The molecule has 0 aliphatic rings. The van der Waals surface area contributed by atoms with Crippen molar-refractivity contribution in [2.24, 2.45) is 5.41 Å². The number of aryl methyl sites for hydroxylation is 2. The number of ether oxygens (including phenoxy) is 1. The number of halogens is 1. The first kappa shape index (κ1) is 17.5. The molecule has 0 saturated carbocycles. The molecule has 1 N–H and O–H groups in total. The molecule has 0 radical (unpaired) electrons. The first-order valence-corrected chi connectivity index (χ1v) is 8.11. The van der Waals surface area contributed by atoms with Gasteiger partial charge in [-0.2, -0.15) is 0 Å². The normalized spacial score (nSPS) is 12.0. The Hall–Kier alpha value is -0.540. The molecule has 2 nitrogen and oxygen atoms in total. The van der Waals surface area contributed by atoms with Gasteiger partial charge in [0.05, 0.1) is 7.11 Å². The lowest BCUT2D eigenvalue weighted by Crippen LogP contribution is -2.34. The maximum atomic E-state index is 5.51. The zero-order valence-electron chi connectivity index (χ0n) is 13.6. The molecule has 0 heterocycles. The largest absolute Gasteiger partial charge is 0.496 e. The van der Waals surface area contributed by atoms with E-state index in [0.717, 1.165) is 29.6 Å². The highest BCUT2D eigenvalue weighted by Gasteiger charge is 2.19. The molecule has 1 rings (SSSR count). The van der Waals surface area contributed by atoms with Crippen molar-refractivity contribution in [3.05, 3.63) is 27.7 Å². The van der Waals surface area contributed by atoms with E-state index < -0.39 is 0 Å². The van der Waals surface area contributed by atoms with Crippen molar-refractivity contribution in [2.45, 2.75) is 53.5 Å². The van der Waals surface area contributed by atoms with Crippen molar-refractivity contribution in [3.8, 4) is 5.75 Å². The fourth-order valence-electron chi connectivity index (χ4n) is 2.12. The Balaban J connectivity index is 2.71. The highest BCUT2D eigenvalue weighted by molar-refractivity contribution is 9.10. The molecule has 0 fully saturated rings. The van der Waals surface area contributed by atoms with Crippen molar-refractivity contribution < 1.29 is 4.74 Å². The van der Waals surface area contributed by atoms with Crippen LogP contribution in [0.1, 0.15) is 45.2 Å². The van der Waals surface area contributed by atoms with E-state index in [-0.39, 0.29) is 5.41 Å². The van der Waals surface area contributed by atoms with Gasteiger partial charge < -0.3 is 10.1 Å². The van der Waals surface area contributed by atoms with Crippen molar-refractivity contribution in [2.75, 3.05) is 13.7 Å². The van der Waals surface area contributed by atoms with Gasteiger partial charge in [0.25, 0.3) is 0 Å². The predicted molar refractivity (Wildman–Crippen MR) is 90.7 cm³/mol. The van der Waals surface area contributed by atoms with E-state index in [1.807, 2.05) is 0 Å². The summed E-state index contributed by atoms with van der Waals surface area (Å²) in [6.07, 6.45) is 2.17. The SMILES string of the molecule is COc1cc(C)c(Br)cc1CCC(C)(C)CNC(C)C. The van der Waals surface area contributed by atoms with Gasteiger partial charge in [-0.15, -0.1) is 0 Å². The van der Waals surface area contributed by atoms with E-state index in [9.17, 15) is 0 Å². The molecule has 0 spiro atoms. The molecular weight excluding hydrogens is 314 g/mol. The number of methoxy groups -OCH3 is 1. The molecule has 0 saturated heterocycles. The summed E-state index contributed by atoms with van der Waals surface area (Å²) < 4.78 is 6.67. The lowest BCUT2D eigenvalue weighted by molar-refractivity contribution is 0.302. The molecule has 20 heavy (non-hydrogen) atoms. The molecule has 0 aliphatic heterocycles. The van der Waals surface area contributed by atoms with Gasteiger partial charge in [0.1, 0.15) is 5.75 Å². The van der Waals surface area contributed by atoms with Gasteiger partial charge in [0.15, 0.2) is 0 Å². The Morgan fingerprint density at radius 2 is 1.95 bits per heavy atom. The number of hydrogen-bond donors (Lipinski definition) is 1. The van der Waals surface area contributed by atoms with E-state index >= 15 is 0 Å². The molecular formula is C17H28BrNO. The summed E-state index contributed by atoms with van der Waals surface area (Å²) in [5.41, 5.74) is 2.78. The van der Waals surface area contributed by atoms with E-state index in [4.69, 9.17) is 4.74 Å². The lowest BCUT2D eigenvalue weighted by Gasteiger charge is -2.27. The Bertz CT molecular complexity index is 441. The van der Waals surface area contributed by atoms with Crippen LogP contribution in [0.15, 0.2) is 16.6 Å². The first-order valence-electron chi connectivity index (χ1n) is 7.31. The highest BCUT2D eigenvalue weighted by atomic mass is 79.9. The summed E-state index contributed by atoms with van der Waals surface area (Å²) in [5, 5.41) is 3.53. The van der Waals surface area contributed by atoms with Crippen LogP contribution in [0.5, 0.6) is 5.75 Å². The third-order valence-corrected chi connectivity index (χ3v) is 4.48. The Labute approximate surface area is 132 Å². The van der Waals surface area contributed by atoms with Gasteiger partial charge in [0.2, 0.25) is 0 Å². The van der Waals surface area contributed by atoms with Gasteiger partial charge in [0, 0.05) is 17.1 Å². The van der Waals surface area contributed by atoms with Crippen molar-refractivity contribution >= 4 is 15.9 Å². The van der Waals surface area contributed by atoms with Gasteiger partial charge in [-0.1, -0.05) is 43.6 Å². The molecule has 0 aliphatic carbocycles. The lowest BCUT2D eigenvalue weighted by atomic mass is 9.85. The highest BCUT2D eigenvalue weighted by Crippen LogP contribution is 2.30. The first-order chi connectivity index (χ1) is 9.25. The minimum absolute atomic E-state index is 0.284. The average Bonchev–Trinajstić information content (AvgIpc) is 2.37. The molecule has 0 bridgehead atoms. The second-order valence-corrected chi connectivity index (χ2v) is 7.47. The van der Waals surface area contributed by atoms with Crippen LogP contribution in [0.4, 0.5) is 0 Å². The second kappa shape index (κ2) is 7.46. The smallest absolute Gasteiger partial charge is 0.122 e. The van der Waals surface area contributed by atoms with E-state index in [0.29, 0.717) is 6.04 Å². The molecule has 0 atom stereocenters. The summed E-state index contributed by atoms with van der Waals surface area (Å²) in [7, 11) is 1.75. The van der Waals surface area contributed by atoms with Crippen LogP contribution in [0.2, 0.25) is 0 Å². The topological polar surface area (TPSA) is 21.3 Å². The molecule has 3 heteroatoms. The predicted octanol–water partition coefficient (Wildman–Crippen LogP) is 4.72. The zero-order valence-corrected chi connectivity index (χ0v) is 15.2.